The molecule has 1 saturated carbocycles. The van der Waals surface area contributed by atoms with Gasteiger partial charge in [0.25, 0.3) is 5.56 Å². The van der Waals surface area contributed by atoms with Crippen molar-refractivity contribution in [3.63, 3.8) is 0 Å². The van der Waals surface area contributed by atoms with Crippen molar-refractivity contribution < 1.29 is 4.79 Å². The molecule has 0 spiro atoms. The zero-order chi connectivity index (χ0) is 24.7. The van der Waals surface area contributed by atoms with Crippen LogP contribution in [0.2, 0.25) is 0 Å². The Hall–Kier alpha value is -3.99. The third-order valence-electron chi connectivity index (χ3n) is 7.70. The van der Waals surface area contributed by atoms with Crippen LogP contribution in [0.25, 0.3) is 0 Å². The van der Waals surface area contributed by atoms with Crippen LogP contribution in [0.15, 0.2) is 95.8 Å². The van der Waals surface area contributed by atoms with E-state index in [0.717, 1.165) is 40.8 Å². The standard InChI is InChI=1S/C31H29N3O2/c1-22-32-27-21-33(30(36)31(18-19-31)25-15-9-4-10-16-25)20-17-26(27)29(35)34(22)28(23-11-5-2-6-12-23)24-13-7-3-8-14-24/h2-16,28H,17-21H2,1H3. The van der Waals surface area contributed by atoms with Crippen molar-refractivity contribution >= 4 is 5.91 Å². The van der Waals surface area contributed by atoms with Gasteiger partial charge in [0.2, 0.25) is 5.91 Å². The van der Waals surface area contributed by atoms with E-state index in [-0.39, 0.29) is 17.5 Å². The quantitative estimate of drug-likeness (QED) is 0.416. The smallest absolute Gasteiger partial charge is 0.257 e. The average Bonchev–Trinajstić information content (AvgIpc) is 3.74. The number of hydrogen-bond acceptors (Lipinski definition) is 3. The molecule has 6 rings (SSSR count). The maximum Gasteiger partial charge on any atom is 0.257 e. The number of aromatic nitrogens is 2. The van der Waals surface area contributed by atoms with Crippen LogP contribution in [0.3, 0.4) is 0 Å². The molecule has 1 aliphatic carbocycles. The largest absolute Gasteiger partial charge is 0.336 e. The first kappa shape index (κ1) is 22.5. The van der Waals surface area contributed by atoms with Crippen LogP contribution in [0, 0.1) is 6.92 Å². The molecule has 0 atom stereocenters. The van der Waals surface area contributed by atoms with Gasteiger partial charge in [-0.1, -0.05) is 91.0 Å². The molecule has 5 heteroatoms. The first-order chi connectivity index (χ1) is 17.6. The summed E-state index contributed by atoms with van der Waals surface area (Å²) in [7, 11) is 0. The van der Waals surface area contributed by atoms with Crippen LogP contribution >= 0.6 is 0 Å². The zero-order valence-corrected chi connectivity index (χ0v) is 20.4. The van der Waals surface area contributed by atoms with E-state index in [9.17, 15) is 9.59 Å². The highest BCUT2D eigenvalue weighted by Gasteiger charge is 2.53. The SMILES string of the molecule is Cc1nc2c(c(=O)n1C(c1ccccc1)c1ccccc1)CCN(C(=O)C1(c3ccccc3)CC1)C2. The Morgan fingerprint density at radius 2 is 1.42 bits per heavy atom. The van der Waals surface area contributed by atoms with Crippen LogP contribution in [0.1, 0.15) is 52.7 Å². The molecule has 1 aromatic heterocycles. The van der Waals surface area contributed by atoms with Crippen LogP contribution in [0.4, 0.5) is 0 Å². The minimum absolute atomic E-state index is 0.00787. The highest BCUT2D eigenvalue weighted by atomic mass is 16.2. The number of aryl methyl sites for hydroxylation is 1. The van der Waals surface area contributed by atoms with E-state index in [2.05, 4.69) is 36.4 Å². The van der Waals surface area contributed by atoms with Gasteiger partial charge in [-0.05, 0) is 42.9 Å². The highest BCUT2D eigenvalue weighted by Crippen LogP contribution is 2.50. The van der Waals surface area contributed by atoms with E-state index in [1.165, 1.54) is 0 Å². The Balaban J connectivity index is 1.37. The summed E-state index contributed by atoms with van der Waals surface area (Å²) in [5, 5.41) is 0. The van der Waals surface area contributed by atoms with Gasteiger partial charge < -0.3 is 4.90 Å². The second kappa shape index (κ2) is 8.90. The lowest BCUT2D eigenvalue weighted by Crippen LogP contribution is -2.45. The number of rotatable bonds is 5. The fraction of sp³-hybridized carbons (Fsp3) is 0.258. The Kier molecular flexibility index (Phi) is 5.56. The molecule has 1 amide bonds. The Labute approximate surface area is 211 Å². The monoisotopic (exact) mass is 475 g/mol. The molecule has 0 unspecified atom stereocenters. The maximum absolute atomic E-state index is 13.9. The van der Waals surface area contributed by atoms with E-state index in [0.29, 0.717) is 25.3 Å². The third kappa shape index (κ3) is 3.76. The van der Waals surface area contributed by atoms with E-state index >= 15 is 0 Å². The van der Waals surface area contributed by atoms with Crippen molar-refractivity contribution in [2.75, 3.05) is 6.54 Å². The lowest BCUT2D eigenvalue weighted by Gasteiger charge is -2.33. The molecule has 0 N–H and O–H groups in total. The van der Waals surface area contributed by atoms with Crippen molar-refractivity contribution in [2.24, 2.45) is 0 Å². The average molecular weight is 476 g/mol. The van der Waals surface area contributed by atoms with Gasteiger partial charge in [0, 0.05) is 12.1 Å². The predicted molar refractivity (Wildman–Crippen MR) is 140 cm³/mol. The van der Waals surface area contributed by atoms with Crippen molar-refractivity contribution in [1.29, 1.82) is 0 Å². The fourth-order valence-electron chi connectivity index (χ4n) is 5.67. The minimum Gasteiger partial charge on any atom is -0.336 e. The van der Waals surface area contributed by atoms with Crippen molar-refractivity contribution in [3.8, 4) is 0 Å². The number of carbonyl (C=O) groups excluding carboxylic acids is 1. The number of fused-ring (bicyclic) bond motifs is 1. The number of hydrogen-bond donors (Lipinski definition) is 0. The first-order valence-corrected chi connectivity index (χ1v) is 12.6. The second-order valence-electron chi connectivity index (χ2n) is 9.91. The minimum atomic E-state index is -0.408. The third-order valence-corrected chi connectivity index (χ3v) is 7.70. The molecule has 4 aromatic rings. The van der Waals surface area contributed by atoms with E-state index in [1.54, 1.807) is 0 Å². The summed E-state index contributed by atoms with van der Waals surface area (Å²) in [6.07, 6.45) is 2.28. The lowest BCUT2D eigenvalue weighted by molar-refractivity contribution is -0.135. The van der Waals surface area contributed by atoms with Gasteiger partial charge in [-0.15, -0.1) is 0 Å². The van der Waals surface area contributed by atoms with Crippen LogP contribution in [0.5, 0.6) is 0 Å². The predicted octanol–water partition coefficient (Wildman–Crippen LogP) is 4.81. The normalized spacial score (nSPS) is 16.0. The molecule has 180 valence electrons. The van der Waals surface area contributed by atoms with Crippen LogP contribution in [-0.4, -0.2) is 26.9 Å². The molecule has 2 aliphatic rings. The molecular weight excluding hydrogens is 446 g/mol. The highest BCUT2D eigenvalue weighted by molar-refractivity contribution is 5.91. The van der Waals surface area contributed by atoms with E-state index < -0.39 is 5.41 Å². The molecule has 1 fully saturated rings. The first-order valence-electron chi connectivity index (χ1n) is 12.6. The summed E-state index contributed by atoms with van der Waals surface area (Å²) < 4.78 is 1.83. The Bertz CT molecular complexity index is 1420. The molecule has 36 heavy (non-hydrogen) atoms. The van der Waals surface area contributed by atoms with Gasteiger partial charge in [-0.3, -0.25) is 14.2 Å². The summed E-state index contributed by atoms with van der Waals surface area (Å²) in [5.41, 5.74) is 4.22. The fourth-order valence-corrected chi connectivity index (χ4v) is 5.67. The van der Waals surface area contributed by atoms with Gasteiger partial charge in [0.1, 0.15) is 5.82 Å². The molecule has 3 aromatic carbocycles. The molecule has 0 saturated heterocycles. The number of carbonyl (C=O) groups is 1. The van der Waals surface area contributed by atoms with Crippen molar-refractivity contribution in [3.05, 3.63) is 135 Å². The maximum atomic E-state index is 13.9. The molecule has 0 bridgehead atoms. The zero-order valence-electron chi connectivity index (χ0n) is 20.4. The topological polar surface area (TPSA) is 55.2 Å². The van der Waals surface area contributed by atoms with Crippen LogP contribution < -0.4 is 5.56 Å². The van der Waals surface area contributed by atoms with Crippen molar-refractivity contribution in [1.82, 2.24) is 14.5 Å². The summed E-state index contributed by atoms with van der Waals surface area (Å²) in [6.45, 7) is 2.83. The molecule has 5 nitrogen and oxygen atoms in total. The summed E-state index contributed by atoms with van der Waals surface area (Å²) in [6, 6.07) is 30.0. The van der Waals surface area contributed by atoms with Gasteiger partial charge in [-0.2, -0.15) is 0 Å². The number of amides is 1. The van der Waals surface area contributed by atoms with Gasteiger partial charge in [0.15, 0.2) is 0 Å². The molecule has 1 aliphatic heterocycles. The lowest BCUT2D eigenvalue weighted by atomic mass is 9.93. The van der Waals surface area contributed by atoms with Crippen LogP contribution in [-0.2, 0) is 23.2 Å². The number of benzene rings is 3. The Morgan fingerprint density at radius 3 is 1.97 bits per heavy atom. The van der Waals surface area contributed by atoms with E-state index in [1.807, 2.05) is 71.0 Å². The van der Waals surface area contributed by atoms with E-state index in [4.69, 9.17) is 4.98 Å². The molecule has 2 heterocycles. The van der Waals surface area contributed by atoms with Crippen molar-refractivity contribution in [2.45, 2.75) is 44.2 Å². The summed E-state index contributed by atoms with van der Waals surface area (Å²) in [5.74, 6) is 0.823. The molecule has 0 radical (unpaired) electrons. The molecular formula is C31H29N3O2. The van der Waals surface area contributed by atoms with Gasteiger partial charge >= 0.3 is 0 Å². The second-order valence-corrected chi connectivity index (χ2v) is 9.91. The summed E-state index contributed by atoms with van der Waals surface area (Å²) >= 11 is 0. The number of nitrogens with zero attached hydrogens (tertiary/aromatic N) is 3. The summed E-state index contributed by atoms with van der Waals surface area (Å²) in [4.78, 5) is 34.4. The Morgan fingerprint density at radius 1 is 0.861 bits per heavy atom. The van der Waals surface area contributed by atoms with Gasteiger partial charge in [0.05, 0.1) is 23.7 Å². The van der Waals surface area contributed by atoms with Gasteiger partial charge in [-0.25, -0.2) is 4.98 Å².